The van der Waals surface area contributed by atoms with Crippen LogP contribution < -0.4 is 16.4 Å². The normalized spacial score (nSPS) is 10.9. The van der Waals surface area contributed by atoms with Gasteiger partial charge in [0, 0.05) is 19.2 Å². The maximum absolute atomic E-state index is 12.6. The Bertz CT molecular complexity index is 1380. The van der Waals surface area contributed by atoms with Crippen LogP contribution in [0.15, 0.2) is 82.4 Å². The van der Waals surface area contributed by atoms with Gasteiger partial charge in [0.2, 0.25) is 0 Å². The van der Waals surface area contributed by atoms with Crippen LogP contribution in [0.3, 0.4) is 0 Å². The Balaban J connectivity index is 1.55. The lowest BCUT2D eigenvalue weighted by atomic mass is 10.1. The molecule has 156 valence electrons. The smallest absolute Gasteiger partial charge is 0.317 e. The molecule has 1 aromatic heterocycles. The highest BCUT2D eigenvalue weighted by molar-refractivity contribution is 5.94. The Morgan fingerprint density at radius 2 is 1.48 bits per heavy atom. The second kappa shape index (κ2) is 8.44. The number of nitrogens with one attached hydrogen (secondary N) is 1. The third-order valence-corrected chi connectivity index (χ3v) is 5.52. The second-order valence-corrected chi connectivity index (χ2v) is 7.55. The summed E-state index contributed by atoms with van der Waals surface area (Å²) in [5.74, 6) is -0.161. The number of aromatic nitrogens is 2. The van der Waals surface area contributed by atoms with Gasteiger partial charge in [0.15, 0.2) is 0 Å². The van der Waals surface area contributed by atoms with Gasteiger partial charge >= 0.3 is 11.1 Å². The third kappa shape index (κ3) is 4.05. The predicted octanol–water partition coefficient (Wildman–Crippen LogP) is 2.99. The van der Waals surface area contributed by atoms with Crippen molar-refractivity contribution >= 4 is 16.9 Å². The fourth-order valence-corrected chi connectivity index (χ4v) is 3.64. The summed E-state index contributed by atoms with van der Waals surface area (Å²) in [6, 6.07) is 22.3. The van der Waals surface area contributed by atoms with E-state index in [-0.39, 0.29) is 12.5 Å². The van der Waals surface area contributed by atoms with Crippen LogP contribution in [0.5, 0.6) is 0 Å². The summed E-state index contributed by atoms with van der Waals surface area (Å²) in [6.45, 7) is 2.72. The van der Waals surface area contributed by atoms with Gasteiger partial charge in [-0.3, -0.25) is 19.0 Å². The summed E-state index contributed by atoms with van der Waals surface area (Å²) in [5.41, 5.74) is 3.82. The minimum absolute atomic E-state index is 0.161. The van der Waals surface area contributed by atoms with E-state index >= 15 is 0 Å². The molecular formula is C25H23N3O3. The standard InChI is InChI=1S/C25H23N3O3/c1-17-7-3-4-8-20(17)15-26-23(29)19-13-11-18(12-14-19)16-28-22-10-6-5-9-21(22)27(2)24(30)25(28)31/h3-14H,15-16H2,1-2H3,(H,26,29). The second-order valence-electron chi connectivity index (χ2n) is 7.55. The molecule has 6 nitrogen and oxygen atoms in total. The molecule has 0 unspecified atom stereocenters. The molecule has 0 radical (unpaired) electrons. The Morgan fingerprint density at radius 1 is 0.839 bits per heavy atom. The molecule has 0 saturated heterocycles. The van der Waals surface area contributed by atoms with Crippen molar-refractivity contribution in [2.75, 3.05) is 0 Å². The minimum atomic E-state index is -0.568. The van der Waals surface area contributed by atoms with Gasteiger partial charge in [-0.1, -0.05) is 48.5 Å². The number of benzene rings is 3. The van der Waals surface area contributed by atoms with Crippen LogP contribution in [0.4, 0.5) is 0 Å². The van der Waals surface area contributed by atoms with Crippen molar-refractivity contribution in [3.05, 3.63) is 116 Å². The molecule has 0 atom stereocenters. The summed E-state index contributed by atoms with van der Waals surface area (Å²) in [7, 11) is 1.60. The first-order valence-electron chi connectivity index (χ1n) is 10.1. The van der Waals surface area contributed by atoms with Crippen molar-refractivity contribution in [3.8, 4) is 0 Å². The van der Waals surface area contributed by atoms with E-state index in [9.17, 15) is 14.4 Å². The van der Waals surface area contributed by atoms with Crippen molar-refractivity contribution in [2.45, 2.75) is 20.0 Å². The number of aryl methyl sites for hydroxylation is 2. The Labute approximate surface area is 179 Å². The molecule has 1 amide bonds. The maximum atomic E-state index is 12.6. The molecule has 0 saturated carbocycles. The van der Waals surface area contributed by atoms with E-state index in [0.717, 1.165) is 16.7 Å². The first-order chi connectivity index (χ1) is 15.0. The number of fused-ring (bicyclic) bond motifs is 1. The number of hydrogen-bond acceptors (Lipinski definition) is 3. The first-order valence-corrected chi connectivity index (χ1v) is 10.1. The maximum Gasteiger partial charge on any atom is 0.317 e. The average Bonchev–Trinajstić information content (AvgIpc) is 2.80. The lowest BCUT2D eigenvalue weighted by molar-refractivity contribution is 0.0951. The molecule has 1 N–H and O–H groups in total. The van der Waals surface area contributed by atoms with Gasteiger partial charge < -0.3 is 9.88 Å². The molecule has 4 aromatic rings. The highest BCUT2D eigenvalue weighted by Crippen LogP contribution is 2.13. The summed E-state index contributed by atoms with van der Waals surface area (Å²) >= 11 is 0. The van der Waals surface area contributed by atoms with E-state index in [1.165, 1.54) is 9.13 Å². The molecule has 0 aliphatic rings. The van der Waals surface area contributed by atoms with E-state index in [2.05, 4.69) is 5.32 Å². The van der Waals surface area contributed by atoms with Gasteiger partial charge in [-0.15, -0.1) is 0 Å². The zero-order valence-corrected chi connectivity index (χ0v) is 17.5. The van der Waals surface area contributed by atoms with Gasteiger partial charge in [0.25, 0.3) is 5.91 Å². The average molecular weight is 413 g/mol. The highest BCUT2D eigenvalue weighted by atomic mass is 16.2. The first kappa shape index (κ1) is 20.3. The van der Waals surface area contributed by atoms with Crippen LogP contribution in [0.1, 0.15) is 27.0 Å². The molecule has 0 aliphatic heterocycles. The van der Waals surface area contributed by atoms with E-state index < -0.39 is 11.1 Å². The quantitative estimate of drug-likeness (QED) is 0.511. The summed E-state index contributed by atoms with van der Waals surface area (Å²) in [5, 5.41) is 2.93. The molecule has 4 rings (SSSR count). The molecule has 0 spiro atoms. The van der Waals surface area contributed by atoms with Gasteiger partial charge in [-0.05, 0) is 47.9 Å². The van der Waals surface area contributed by atoms with Gasteiger partial charge in [0.1, 0.15) is 0 Å². The summed E-state index contributed by atoms with van der Waals surface area (Å²) in [6.07, 6.45) is 0. The largest absolute Gasteiger partial charge is 0.348 e. The van der Waals surface area contributed by atoms with Crippen molar-refractivity contribution in [2.24, 2.45) is 7.05 Å². The van der Waals surface area contributed by atoms with Gasteiger partial charge in [-0.25, -0.2) is 0 Å². The molecular weight excluding hydrogens is 390 g/mol. The zero-order valence-electron chi connectivity index (χ0n) is 17.5. The molecule has 31 heavy (non-hydrogen) atoms. The van der Waals surface area contributed by atoms with Crippen LogP contribution in [0.25, 0.3) is 11.0 Å². The van der Waals surface area contributed by atoms with Gasteiger partial charge in [-0.2, -0.15) is 0 Å². The number of carbonyl (C=O) groups excluding carboxylic acids is 1. The number of para-hydroxylation sites is 2. The summed E-state index contributed by atoms with van der Waals surface area (Å²) in [4.78, 5) is 37.4. The Hall–Kier alpha value is -3.93. The molecule has 0 aliphatic carbocycles. The number of amides is 1. The SMILES string of the molecule is Cc1ccccc1CNC(=O)c1ccc(Cn2c(=O)c(=O)n(C)c3ccccc32)cc1. The zero-order chi connectivity index (χ0) is 22.0. The van der Waals surface area contributed by atoms with Crippen molar-refractivity contribution in [1.29, 1.82) is 0 Å². The lowest BCUT2D eigenvalue weighted by Crippen LogP contribution is -2.40. The van der Waals surface area contributed by atoms with Crippen LogP contribution in [0.2, 0.25) is 0 Å². The lowest BCUT2D eigenvalue weighted by Gasteiger charge is -2.13. The fourth-order valence-electron chi connectivity index (χ4n) is 3.64. The topological polar surface area (TPSA) is 73.1 Å². The van der Waals surface area contributed by atoms with Crippen LogP contribution in [0, 0.1) is 6.92 Å². The Morgan fingerprint density at radius 3 is 2.19 bits per heavy atom. The number of hydrogen-bond donors (Lipinski definition) is 1. The molecule has 1 heterocycles. The van der Waals surface area contributed by atoms with E-state index in [4.69, 9.17) is 0 Å². The van der Waals surface area contributed by atoms with Crippen LogP contribution >= 0.6 is 0 Å². The number of carbonyl (C=O) groups is 1. The predicted molar refractivity (Wildman–Crippen MR) is 121 cm³/mol. The molecule has 0 fully saturated rings. The van der Waals surface area contributed by atoms with E-state index in [1.807, 2.05) is 55.5 Å². The molecule has 6 heteroatoms. The van der Waals surface area contributed by atoms with Gasteiger partial charge in [0.05, 0.1) is 17.6 Å². The number of nitrogens with zero attached hydrogens (tertiary/aromatic N) is 2. The monoisotopic (exact) mass is 413 g/mol. The number of rotatable bonds is 5. The van der Waals surface area contributed by atoms with Crippen LogP contribution in [-0.2, 0) is 20.1 Å². The fraction of sp³-hybridized carbons (Fsp3) is 0.160. The Kier molecular flexibility index (Phi) is 5.54. The van der Waals surface area contributed by atoms with E-state index in [1.54, 1.807) is 31.3 Å². The van der Waals surface area contributed by atoms with Crippen LogP contribution in [-0.4, -0.2) is 15.0 Å². The molecule has 3 aromatic carbocycles. The highest BCUT2D eigenvalue weighted by Gasteiger charge is 2.12. The van der Waals surface area contributed by atoms with E-state index in [0.29, 0.717) is 23.1 Å². The van der Waals surface area contributed by atoms with Crippen molar-refractivity contribution < 1.29 is 4.79 Å². The minimum Gasteiger partial charge on any atom is -0.348 e. The third-order valence-electron chi connectivity index (χ3n) is 5.52. The van der Waals surface area contributed by atoms with Crippen molar-refractivity contribution in [1.82, 2.24) is 14.5 Å². The van der Waals surface area contributed by atoms with Crippen molar-refractivity contribution in [3.63, 3.8) is 0 Å². The molecule has 0 bridgehead atoms. The summed E-state index contributed by atoms with van der Waals surface area (Å²) < 4.78 is 2.85.